The molecule has 1 atom stereocenters. The monoisotopic (exact) mass is 554 g/mol. The first-order valence-electron chi connectivity index (χ1n) is 14.3. The number of nitrogens with one attached hydrogen (secondary N) is 3. The van der Waals surface area contributed by atoms with E-state index in [1.54, 1.807) is 6.20 Å². The van der Waals surface area contributed by atoms with E-state index in [2.05, 4.69) is 99.0 Å². The van der Waals surface area contributed by atoms with Crippen LogP contribution >= 0.6 is 0 Å². The van der Waals surface area contributed by atoms with Gasteiger partial charge in [-0.05, 0) is 78.9 Å². The molecule has 2 heterocycles. The van der Waals surface area contributed by atoms with Crippen molar-refractivity contribution in [2.75, 3.05) is 23.8 Å². The fourth-order valence-electron chi connectivity index (χ4n) is 4.77. The number of aryl methyl sites for hydroxylation is 1. The molecule has 0 spiro atoms. The van der Waals surface area contributed by atoms with Gasteiger partial charge in [0.25, 0.3) is 0 Å². The highest BCUT2D eigenvalue weighted by Crippen LogP contribution is 2.44. The van der Waals surface area contributed by atoms with Crippen LogP contribution in [-0.2, 0) is 16.4 Å². The van der Waals surface area contributed by atoms with Crippen molar-refractivity contribution in [2.24, 2.45) is 0 Å². The standard InChI is InChI=1S/C32H42N6OSi/c1-21-8-9-22(18-35-25-10-11-25)14-28(21)38-30-34-13-12-27(37-30)23-15-24(17-33)29-26(16-23)32(5,19-36-29)20-39-40(6,7)31(2,3)4/h8-9,12-16,25,35-36H,10-11,18-20H2,1-7H3,(H,34,37,38)/t32-/m1/s1. The third-order valence-corrected chi connectivity index (χ3v) is 13.3. The van der Waals surface area contributed by atoms with Crippen LogP contribution in [0.5, 0.6) is 0 Å². The molecule has 3 aromatic rings. The smallest absolute Gasteiger partial charge is 0.227 e. The molecule has 0 radical (unpaired) electrons. The van der Waals surface area contributed by atoms with E-state index in [4.69, 9.17) is 9.41 Å². The van der Waals surface area contributed by atoms with Crippen LogP contribution in [0.15, 0.2) is 42.6 Å². The summed E-state index contributed by atoms with van der Waals surface area (Å²) in [7, 11) is -1.93. The minimum absolute atomic E-state index is 0.133. The first kappa shape index (κ1) is 28.3. The van der Waals surface area contributed by atoms with Crippen LogP contribution in [0.1, 0.15) is 62.8 Å². The van der Waals surface area contributed by atoms with Crippen LogP contribution in [0.25, 0.3) is 11.3 Å². The lowest BCUT2D eigenvalue weighted by Gasteiger charge is -2.39. The van der Waals surface area contributed by atoms with Gasteiger partial charge in [0, 0.05) is 48.6 Å². The topological polar surface area (TPSA) is 94.9 Å². The Morgan fingerprint density at radius 3 is 2.65 bits per heavy atom. The largest absolute Gasteiger partial charge is 0.416 e. The summed E-state index contributed by atoms with van der Waals surface area (Å²) in [4.78, 5) is 9.38. The minimum atomic E-state index is -1.93. The second kappa shape index (κ2) is 10.6. The molecule has 0 amide bonds. The zero-order valence-corrected chi connectivity index (χ0v) is 25.9. The second-order valence-electron chi connectivity index (χ2n) is 13.2. The first-order chi connectivity index (χ1) is 18.9. The predicted molar refractivity (Wildman–Crippen MR) is 165 cm³/mol. The van der Waals surface area contributed by atoms with Gasteiger partial charge in [0.1, 0.15) is 6.07 Å². The van der Waals surface area contributed by atoms with Gasteiger partial charge in [-0.1, -0.05) is 39.8 Å². The summed E-state index contributed by atoms with van der Waals surface area (Å²) in [6.07, 6.45) is 4.31. The number of anilines is 3. The third-order valence-electron chi connectivity index (χ3n) is 8.79. The molecule has 0 saturated heterocycles. The van der Waals surface area contributed by atoms with Gasteiger partial charge in [0.05, 0.1) is 16.9 Å². The van der Waals surface area contributed by atoms with Gasteiger partial charge >= 0.3 is 0 Å². The van der Waals surface area contributed by atoms with Gasteiger partial charge < -0.3 is 20.4 Å². The summed E-state index contributed by atoms with van der Waals surface area (Å²) in [6, 6.07) is 15.5. The molecule has 2 aromatic carbocycles. The SMILES string of the molecule is Cc1ccc(CNC2CC2)cc1Nc1nccc(-c2cc(C#N)c3c(c2)[C@@](C)(CO[Si](C)(C)C(C)(C)C)CN3)n1. The van der Waals surface area contributed by atoms with Crippen molar-refractivity contribution in [1.29, 1.82) is 5.26 Å². The lowest BCUT2D eigenvalue weighted by molar-refractivity contribution is 0.220. The van der Waals surface area contributed by atoms with Gasteiger partial charge in [-0.25, -0.2) is 9.97 Å². The van der Waals surface area contributed by atoms with Crippen molar-refractivity contribution in [3.63, 3.8) is 0 Å². The van der Waals surface area contributed by atoms with Gasteiger partial charge in [-0.3, -0.25) is 0 Å². The summed E-state index contributed by atoms with van der Waals surface area (Å²) in [5.41, 5.74) is 7.46. The Hall–Kier alpha value is -3.25. The Labute approximate surface area is 239 Å². The summed E-state index contributed by atoms with van der Waals surface area (Å²) >= 11 is 0. The van der Waals surface area contributed by atoms with Crippen LogP contribution < -0.4 is 16.0 Å². The zero-order valence-electron chi connectivity index (χ0n) is 24.9. The highest BCUT2D eigenvalue weighted by atomic mass is 28.4. The molecule has 5 rings (SSSR count). The van der Waals surface area contributed by atoms with E-state index in [-0.39, 0.29) is 10.5 Å². The number of hydrogen-bond acceptors (Lipinski definition) is 7. The zero-order chi connectivity index (χ0) is 28.7. The number of nitriles is 1. The van der Waals surface area contributed by atoms with Gasteiger partial charge in [0.2, 0.25) is 5.95 Å². The number of nitrogens with zero attached hydrogens (tertiary/aromatic N) is 3. The van der Waals surface area contributed by atoms with Gasteiger partial charge in [0.15, 0.2) is 8.32 Å². The molecule has 2 aliphatic rings. The fourth-order valence-corrected chi connectivity index (χ4v) is 5.88. The van der Waals surface area contributed by atoms with Gasteiger partial charge in [-0.15, -0.1) is 0 Å². The Balaban J connectivity index is 1.41. The van der Waals surface area contributed by atoms with Crippen molar-refractivity contribution in [1.82, 2.24) is 15.3 Å². The molecule has 7 nitrogen and oxygen atoms in total. The fraction of sp³-hybridized carbons (Fsp3) is 0.469. The summed E-state index contributed by atoms with van der Waals surface area (Å²) in [5.74, 6) is 0.536. The quantitative estimate of drug-likeness (QED) is 0.245. The Bertz CT molecular complexity index is 1450. The number of hydrogen-bond donors (Lipinski definition) is 3. The maximum Gasteiger partial charge on any atom is 0.227 e. The van der Waals surface area contributed by atoms with Gasteiger partial charge in [-0.2, -0.15) is 5.26 Å². The normalized spacial score (nSPS) is 18.6. The van der Waals surface area contributed by atoms with Crippen LogP contribution in [-0.4, -0.2) is 37.5 Å². The lowest BCUT2D eigenvalue weighted by Crippen LogP contribution is -2.45. The molecule has 210 valence electrons. The van der Waals surface area contributed by atoms with E-state index >= 15 is 0 Å². The molecule has 8 heteroatoms. The van der Waals surface area contributed by atoms with Crippen molar-refractivity contribution in [2.45, 2.75) is 83.6 Å². The van der Waals surface area contributed by atoms with E-state index < -0.39 is 8.32 Å². The Kier molecular flexibility index (Phi) is 7.51. The number of rotatable bonds is 9. The molecule has 1 saturated carbocycles. The van der Waals surface area contributed by atoms with E-state index in [0.717, 1.165) is 46.8 Å². The Morgan fingerprint density at radius 2 is 1.95 bits per heavy atom. The molecular formula is C32H42N6OSi. The van der Waals surface area contributed by atoms with E-state index in [1.807, 2.05) is 12.1 Å². The molecule has 0 unspecified atom stereocenters. The first-order valence-corrected chi connectivity index (χ1v) is 17.2. The average molecular weight is 555 g/mol. The average Bonchev–Trinajstić information content (AvgIpc) is 3.69. The number of benzene rings is 2. The highest BCUT2D eigenvalue weighted by Gasteiger charge is 2.42. The predicted octanol–water partition coefficient (Wildman–Crippen LogP) is 7.02. The van der Waals surface area contributed by atoms with Crippen molar-refractivity contribution >= 4 is 25.6 Å². The molecule has 1 aliphatic heterocycles. The van der Waals surface area contributed by atoms with E-state index in [0.29, 0.717) is 24.2 Å². The number of aromatic nitrogens is 2. The second-order valence-corrected chi connectivity index (χ2v) is 18.0. The van der Waals surface area contributed by atoms with Crippen LogP contribution in [0.3, 0.4) is 0 Å². The maximum atomic E-state index is 10.0. The highest BCUT2D eigenvalue weighted by molar-refractivity contribution is 6.74. The van der Waals surface area contributed by atoms with E-state index in [9.17, 15) is 5.26 Å². The molecular weight excluding hydrogens is 512 g/mol. The lowest BCUT2D eigenvalue weighted by atomic mass is 9.83. The molecule has 0 bridgehead atoms. The van der Waals surface area contributed by atoms with E-state index in [1.165, 1.54) is 18.4 Å². The number of fused-ring (bicyclic) bond motifs is 1. The minimum Gasteiger partial charge on any atom is -0.416 e. The van der Waals surface area contributed by atoms with Crippen LogP contribution in [0, 0.1) is 18.3 Å². The van der Waals surface area contributed by atoms with Crippen LogP contribution in [0.2, 0.25) is 18.1 Å². The van der Waals surface area contributed by atoms with Crippen molar-refractivity contribution in [3.8, 4) is 17.3 Å². The molecule has 1 fully saturated rings. The molecule has 1 aliphatic carbocycles. The van der Waals surface area contributed by atoms with Crippen molar-refractivity contribution in [3.05, 3.63) is 64.8 Å². The third kappa shape index (κ3) is 5.92. The molecule has 40 heavy (non-hydrogen) atoms. The Morgan fingerprint density at radius 1 is 1.18 bits per heavy atom. The van der Waals surface area contributed by atoms with Crippen molar-refractivity contribution < 1.29 is 4.43 Å². The van der Waals surface area contributed by atoms with Crippen LogP contribution in [0.4, 0.5) is 17.3 Å². The summed E-state index contributed by atoms with van der Waals surface area (Å²) in [6.45, 7) is 17.9. The molecule has 1 aromatic heterocycles. The summed E-state index contributed by atoms with van der Waals surface area (Å²) < 4.78 is 6.67. The molecule has 3 N–H and O–H groups in total. The summed E-state index contributed by atoms with van der Waals surface area (Å²) in [5, 5.41) is 20.7. The maximum absolute atomic E-state index is 10.0.